The minimum Gasteiger partial charge on any atom is -0.393 e. The second-order valence-corrected chi connectivity index (χ2v) is 9.71. The first-order chi connectivity index (χ1) is 11.4. The first-order valence-electron chi connectivity index (χ1n) is 9.92. The summed E-state index contributed by atoms with van der Waals surface area (Å²) in [5.74, 6) is 2.31. The largest absolute Gasteiger partial charge is 0.393 e. The van der Waals surface area contributed by atoms with Gasteiger partial charge in [-0.2, -0.15) is 0 Å². The van der Waals surface area contributed by atoms with E-state index in [0.717, 1.165) is 43.4 Å². The third-order valence-electron chi connectivity index (χ3n) is 8.57. The van der Waals surface area contributed by atoms with Crippen LogP contribution in [0.3, 0.4) is 0 Å². The normalized spacial score (nSPS) is 50.3. The molecule has 3 saturated carbocycles. The fourth-order valence-corrected chi connectivity index (χ4v) is 7.06. The van der Waals surface area contributed by atoms with Crippen LogP contribution in [0.4, 0.5) is 0 Å². The molecule has 0 heterocycles. The van der Waals surface area contributed by atoms with E-state index in [4.69, 9.17) is 0 Å². The lowest BCUT2D eigenvalue weighted by atomic mass is 9.48. The Morgan fingerprint density at radius 1 is 1.25 bits per heavy atom. The van der Waals surface area contributed by atoms with Crippen molar-refractivity contribution < 1.29 is 9.90 Å². The number of carbonyl (C=O) groups is 1. The number of hydrogen-bond acceptors (Lipinski definition) is 2. The molecule has 3 fully saturated rings. The van der Waals surface area contributed by atoms with Gasteiger partial charge in [0, 0.05) is 13.1 Å². The number of rotatable bonds is 2. The molecule has 7 atom stereocenters. The molecule has 4 rings (SSSR count). The quantitative estimate of drug-likeness (QED) is 0.618. The molecule has 134 valence electrons. The summed E-state index contributed by atoms with van der Waals surface area (Å²) in [4.78, 5) is 13.2. The lowest BCUT2D eigenvalue weighted by molar-refractivity contribution is -0.118. The lowest BCUT2D eigenvalue weighted by Crippen LogP contribution is -2.49. The van der Waals surface area contributed by atoms with E-state index in [0.29, 0.717) is 16.9 Å². The Labute approximate surface area is 146 Å². The van der Waals surface area contributed by atoms with E-state index < -0.39 is 0 Å². The first-order valence-corrected chi connectivity index (χ1v) is 9.92. The molecular weight excluding hydrogens is 298 g/mol. The minimum atomic E-state index is -0.119. The van der Waals surface area contributed by atoms with Gasteiger partial charge >= 0.3 is 0 Å². The van der Waals surface area contributed by atoms with Crippen LogP contribution >= 0.6 is 0 Å². The van der Waals surface area contributed by atoms with E-state index in [9.17, 15) is 9.90 Å². The van der Waals surface area contributed by atoms with E-state index in [1.165, 1.54) is 32.1 Å². The van der Waals surface area contributed by atoms with Crippen LogP contribution in [-0.4, -0.2) is 35.6 Å². The van der Waals surface area contributed by atoms with Crippen LogP contribution in [-0.2, 0) is 4.79 Å². The average molecular weight is 332 g/mol. The van der Waals surface area contributed by atoms with Gasteiger partial charge in [-0.25, -0.2) is 0 Å². The lowest BCUT2D eigenvalue weighted by Gasteiger charge is -2.57. The van der Waals surface area contributed by atoms with E-state index in [-0.39, 0.29) is 6.10 Å². The second kappa shape index (κ2) is 5.59. The van der Waals surface area contributed by atoms with Crippen LogP contribution in [0.2, 0.25) is 0 Å². The Hall–Kier alpha value is -0.830. The van der Waals surface area contributed by atoms with Gasteiger partial charge in [-0.1, -0.05) is 25.5 Å². The van der Waals surface area contributed by atoms with Crippen molar-refractivity contribution in [2.75, 3.05) is 7.05 Å². The number of carbonyl (C=O) groups excluding carboxylic acids is 1. The van der Waals surface area contributed by atoms with Crippen LogP contribution in [0.5, 0.6) is 0 Å². The molecule has 1 amide bonds. The zero-order valence-corrected chi connectivity index (χ0v) is 15.5. The van der Waals surface area contributed by atoms with E-state index >= 15 is 0 Å². The molecule has 3 nitrogen and oxygen atoms in total. The molecule has 0 radical (unpaired) electrons. The van der Waals surface area contributed by atoms with Gasteiger partial charge in [-0.3, -0.25) is 4.79 Å². The standard InChI is InChI=1S/C21H33NO2/c1-20-8-7-18-17(19(20)11-15(12-20)22(3)13-23)5-4-14-10-16(24)6-9-21(14,18)2/h4,13,15-19,24H,5-12H2,1-3H3/t15?,16-,17+,18-,19-,20+,21-/m0/s1. The molecule has 0 aromatic rings. The zero-order chi connectivity index (χ0) is 17.1. The Bertz CT molecular complexity index is 558. The Morgan fingerprint density at radius 2 is 2.04 bits per heavy atom. The Kier molecular flexibility index (Phi) is 3.87. The molecule has 1 unspecified atom stereocenters. The molecule has 1 N–H and O–H groups in total. The van der Waals surface area contributed by atoms with Crippen LogP contribution in [0.15, 0.2) is 11.6 Å². The summed E-state index contributed by atoms with van der Waals surface area (Å²) >= 11 is 0. The second-order valence-electron chi connectivity index (χ2n) is 9.71. The molecule has 24 heavy (non-hydrogen) atoms. The van der Waals surface area contributed by atoms with Crippen molar-refractivity contribution in [1.82, 2.24) is 4.90 Å². The number of allylic oxidation sites excluding steroid dienone is 1. The summed E-state index contributed by atoms with van der Waals surface area (Å²) in [6.45, 7) is 4.97. The van der Waals surface area contributed by atoms with Crippen molar-refractivity contribution >= 4 is 6.41 Å². The zero-order valence-electron chi connectivity index (χ0n) is 15.5. The van der Waals surface area contributed by atoms with Crippen LogP contribution in [0.25, 0.3) is 0 Å². The summed E-state index contributed by atoms with van der Waals surface area (Å²) in [6, 6.07) is 0.433. The van der Waals surface area contributed by atoms with Gasteiger partial charge < -0.3 is 10.0 Å². The van der Waals surface area contributed by atoms with E-state index in [1.54, 1.807) is 5.57 Å². The Balaban J connectivity index is 1.62. The van der Waals surface area contributed by atoms with Crippen molar-refractivity contribution in [2.24, 2.45) is 28.6 Å². The number of nitrogens with zero attached hydrogens (tertiary/aromatic N) is 1. The summed E-state index contributed by atoms with van der Waals surface area (Å²) in [5.41, 5.74) is 2.28. The number of hydrogen-bond donors (Lipinski definition) is 1. The average Bonchev–Trinajstić information content (AvgIpc) is 2.92. The smallest absolute Gasteiger partial charge is 0.209 e. The highest BCUT2D eigenvalue weighted by Crippen LogP contribution is 2.65. The third kappa shape index (κ3) is 2.30. The van der Waals surface area contributed by atoms with Crippen LogP contribution < -0.4 is 0 Å². The molecule has 0 aromatic carbocycles. The summed E-state index contributed by atoms with van der Waals surface area (Å²) in [7, 11) is 1.96. The van der Waals surface area contributed by atoms with Crippen molar-refractivity contribution in [3.8, 4) is 0 Å². The fourth-order valence-electron chi connectivity index (χ4n) is 7.06. The van der Waals surface area contributed by atoms with Crippen molar-refractivity contribution in [2.45, 2.75) is 77.4 Å². The first kappa shape index (κ1) is 16.6. The molecule has 0 aromatic heterocycles. The van der Waals surface area contributed by atoms with Gasteiger partial charge in [-0.05, 0) is 80.0 Å². The van der Waals surface area contributed by atoms with Crippen LogP contribution in [0.1, 0.15) is 65.2 Å². The molecule has 0 aliphatic heterocycles. The maximum atomic E-state index is 11.2. The van der Waals surface area contributed by atoms with Gasteiger partial charge in [0.2, 0.25) is 6.41 Å². The van der Waals surface area contributed by atoms with E-state index in [1.807, 2.05) is 11.9 Å². The van der Waals surface area contributed by atoms with Crippen LogP contribution in [0, 0.1) is 28.6 Å². The Morgan fingerprint density at radius 3 is 2.79 bits per heavy atom. The molecule has 4 aliphatic carbocycles. The summed E-state index contributed by atoms with van der Waals surface area (Å²) < 4.78 is 0. The fraction of sp³-hybridized carbons (Fsp3) is 0.857. The van der Waals surface area contributed by atoms with Gasteiger partial charge in [0.05, 0.1) is 6.10 Å². The minimum absolute atomic E-state index is 0.119. The molecule has 3 heteroatoms. The SMILES string of the molecule is CN(C=O)C1C[C@H]2[C@@H]3CC=C4C[C@@H](O)CC[C@]4(C)[C@H]3CC[C@]2(C)C1. The topological polar surface area (TPSA) is 40.5 Å². The monoisotopic (exact) mass is 331 g/mol. The molecule has 4 aliphatic rings. The highest BCUT2D eigenvalue weighted by molar-refractivity contribution is 5.47. The molecule has 0 bridgehead atoms. The number of aliphatic hydroxyl groups is 1. The number of amides is 1. The predicted molar refractivity (Wildman–Crippen MR) is 95.3 cm³/mol. The number of fused-ring (bicyclic) bond motifs is 5. The summed E-state index contributed by atoms with van der Waals surface area (Å²) in [5, 5.41) is 10.1. The van der Waals surface area contributed by atoms with Crippen molar-refractivity contribution in [3.05, 3.63) is 11.6 Å². The van der Waals surface area contributed by atoms with Crippen molar-refractivity contribution in [1.29, 1.82) is 0 Å². The summed E-state index contributed by atoms with van der Waals surface area (Å²) in [6.07, 6.45) is 12.6. The highest BCUT2D eigenvalue weighted by atomic mass is 16.3. The maximum absolute atomic E-state index is 11.2. The molecular formula is C21H33NO2. The number of aliphatic hydroxyl groups excluding tert-OH is 1. The van der Waals surface area contributed by atoms with Gasteiger partial charge in [-0.15, -0.1) is 0 Å². The van der Waals surface area contributed by atoms with Gasteiger partial charge in [0.25, 0.3) is 0 Å². The maximum Gasteiger partial charge on any atom is 0.209 e. The van der Waals surface area contributed by atoms with Crippen molar-refractivity contribution in [3.63, 3.8) is 0 Å². The predicted octanol–water partition coefficient (Wildman–Crippen LogP) is 3.77. The highest BCUT2D eigenvalue weighted by Gasteiger charge is 2.57. The third-order valence-corrected chi connectivity index (χ3v) is 8.57. The van der Waals surface area contributed by atoms with Gasteiger partial charge in [0.15, 0.2) is 0 Å². The van der Waals surface area contributed by atoms with Gasteiger partial charge in [0.1, 0.15) is 0 Å². The molecule has 0 spiro atoms. The molecule has 0 saturated heterocycles. The van der Waals surface area contributed by atoms with E-state index in [2.05, 4.69) is 19.9 Å².